The molecule has 1 unspecified atom stereocenters. The Balaban J connectivity index is 2.70. The van der Waals surface area contributed by atoms with Gasteiger partial charge in [0.1, 0.15) is 0 Å². The van der Waals surface area contributed by atoms with Crippen molar-refractivity contribution in [3.63, 3.8) is 0 Å². The summed E-state index contributed by atoms with van der Waals surface area (Å²) in [6.07, 6.45) is -0.819. The van der Waals surface area contributed by atoms with Crippen molar-refractivity contribution in [1.29, 1.82) is 0 Å². The number of likely N-dealkylation sites (N-methyl/N-ethyl adjacent to an activating group) is 1. The van der Waals surface area contributed by atoms with Crippen molar-refractivity contribution in [1.82, 2.24) is 0 Å². The molecule has 0 aliphatic carbocycles. The molecule has 0 aromatic heterocycles. The maximum atomic E-state index is 10.4. The molecule has 6 heteroatoms. The van der Waals surface area contributed by atoms with Crippen molar-refractivity contribution in [3.05, 3.63) is 34.4 Å². The molecule has 0 heterocycles. The van der Waals surface area contributed by atoms with Crippen LogP contribution in [0.15, 0.2) is 24.3 Å². The summed E-state index contributed by atoms with van der Waals surface area (Å²) in [4.78, 5) is 11.7. The van der Waals surface area contributed by atoms with Gasteiger partial charge < -0.3 is 15.1 Å². The summed E-state index contributed by atoms with van der Waals surface area (Å²) in [5, 5.41) is 28.3. The zero-order chi connectivity index (χ0) is 12.1. The monoisotopic (exact) mass is 226 g/mol. The molecule has 0 aliphatic heterocycles. The summed E-state index contributed by atoms with van der Waals surface area (Å²) in [6.45, 7) is -0.0361. The molecule has 1 rings (SSSR count). The highest BCUT2D eigenvalue weighted by Crippen LogP contribution is 2.18. The van der Waals surface area contributed by atoms with Gasteiger partial charge in [-0.25, -0.2) is 0 Å². The van der Waals surface area contributed by atoms with Crippen LogP contribution in [-0.4, -0.2) is 41.4 Å². The Labute approximate surface area is 92.9 Å². The molecule has 88 valence electrons. The number of aliphatic hydroxyl groups excluding tert-OH is 2. The maximum absolute atomic E-state index is 10.4. The van der Waals surface area contributed by atoms with Gasteiger partial charge in [0.05, 0.1) is 17.6 Å². The van der Waals surface area contributed by atoms with Crippen LogP contribution in [0.5, 0.6) is 0 Å². The Morgan fingerprint density at radius 2 is 2.00 bits per heavy atom. The lowest BCUT2D eigenvalue weighted by Crippen LogP contribution is -2.31. The van der Waals surface area contributed by atoms with E-state index in [-0.39, 0.29) is 18.8 Å². The van der Waals surface area contributed by atoms with Gasteiger partial charge in [0.15, 0.2) is 0 Å². The lowest BCUT2D eigenvalue weighted by atomic mass is 10.2. The van der Waals surface area contributed by atoms with Gasteiger partial charge in [0.2, 0.25) is 0 Å². The molecule has 0 saturated heterocycles. The van der Waals surface area contributed by atoms with Crippen LogP contribution in [0.4, 0.5) is 11.4 Å². The van der Waals surface area contributed by atoms with Gasteiger partial charge >= 0.3 is 0 Å². The number of benzene rings is 1. The predicted octanol–water partition coefficient (Wildman–Crippen LogP) is 0.384. The zero-order valence-electron chi connectivity index (χ0n) is 8.91. The third kappa shape index (κ3) is 3.18. The Bertz CT molecular complexity index is 352. The number of aliphatic hydroxyl groups is 2. The molecule has 6 nitrogen and oxygen atoms in total. The average Bonchev–Trinajstić information content (AvgIpc) is 2.28. The van der Waals surface area contributed by atoms with Crippen molar-refractivity contribution in [3.8, 4) is 0 Å². The van der Waals surface area contributed by atoms with Crippen LogP contribution in [0.2, 0.25) is 0 Å². The van der Waals surface area contributed by atoms with E-state index in [1.54, 1.807) is 24.1 Å². The highest BCUT2D eigenvalue weighted by atomic mass is 16.6. The van der Waals surface area contributed by atoms with Crippen LogP contribution in [-0.2, 0) is 0 Å². The van der Waals surface area contributed by atoms with Crippen LogP contribution in [0.3, 0.4) is 0 Å². The molecule has 0 fully saturated rings. The summed E-state index contributed by atoms with van der Waals surface area (Å²) in [5.74, 6) is 0. The number of nitro benzene ring substituents is 1. The first kappa shape index (κ1) is 12.4. The highest BCUT2D eigenvalue weighted by Gasteiger charge is 2.09. The number of rotatable bonds is 5. The van der Waals surface area contributed by atoms with E-state index >= 15 is 0 Å². The summed E-state index contributed by atoms with van der Waals surface area (Å²) in [7, 11) is 1.74. The van der Waals surface area contributed by atoms with Crippen molar-refractivity contribution in [2.75, 3.05) is 25.1 Å². The Hall–Kier alpha value is -1.66. The maximum Gasteiger partial charge on any atom is 0.269 e. The van der Waals surface area contributed by atoms with Gasteiger partial charge in [0, 0.05) is 31.4 Å². The molecule has 0 bridgehead atoms. The standard InChI is InChI=1S/C10H14N2O4/c1-11(6-10(14)7-13)8-2-4-9(5-3-8)12(15)16/h2-5,10,13-14H,6-7H2,1H3. The normalized spacial score (nSPS) is 12.2. The molecule has 0 amide bonds. The first-order valence-electron chi connectivity index (χ1n) is 4.79. The second-order valence-electron chi connectivity index (χ2n) is 3.49. The Kier molecular flexibility index (Phi) is 4.21. The average molecular weight is 226 g/mol. The largest absolute Gasteiger partial charge is 0.394 e. The first-order valence-corrected chi connectivity index (χ1v) is 4.79. The quantitative estimate of drug-likeness (QED) is 0.560. The molecule has 0 saturated carbocycles. The molecule has 1 aromatic rings. The topological polar surface area (TPSA) is 86.8 Å². The lowest BCUT2D eigenvalue weighted by Gasteiger charge is -2.21. The SMILES string of the molecule is CN(CC(O)CO)c1ccc([N+](=O)[O-])cc1. The lowest BCUT2D eigenvalue weighted by molar-refractivity contribution is -0.384. The molecule has 2 N–H and O–H groups in total. The van der Waals surface area contributed by atoms with Crippen molar-refractivity contribution in [2.24, 2.45) is 0 Å². The predicted molar refractivity (Wildman–Crippen MR) is 59.5 cm³/mol. The minimum atomic E-state index is -0.819. The molecule has 1 aromatic carbocycles. The summed E-state index contributed by atoms with van der Waals surface area (Å²) >= 11 is 0. The molecule has 0 aliphatic rings. The second-order valence-corrected chi connectivity index (χ2v) is 3.49. The molecule has 1 atom stereocenters. The number of nitro groups is 1. The Morgan fingerprint density at radius 1 is 1.44 bits per heavy atom. The van der Waals surface area contributed by atoms with Gasteiger partial charge in [-0.15, -0.1) is 0 Å². The second kappa shape index (κ2) is 5.43. The molecular formula is C10H14N2O4. The minimum absolute atomic E-state index is 0.0276. The van der Waals surface area contributed by atoms with Gasteiger partial charge in [-0.2, -0.15) is 0 Å². The minimum Gasteiger partial charge on any atom is -0.394 e. The van der Waals surface area contributed by atoms with Crippen LogP contribution >= 0.6 is 0 Å². The zero-order valence-corrected chi connectivity index (χ0v) is 8.91. The van der Waals surface area contributed by atoms with E-state index in [2.05, 4.69) is 0 Å². The van der Waals surface area contributed by atoms with Crippen molar-refractivity contribution in [2.45, 2.75) is 6.10 Å². The van der Waals surface area contributed by atoms with E-state index < -0.39 is 11.0 Å². The summed E-state index contributed by atoms with van der Waals surface area (Å²) in [6, 6.07) is 6.00. The summed E-state index contributed by atoms with van der Waals surface area (Å²) in [5.41, 5.74) is 0.776. The Morgan fingerprint density at radius 3 is 2.44 bits per heavy atom. The van der Waals surface area contributed by atoms with Crippen LogP contribution < -0.4 is 4.90 Å². The smallest absolute Gasteiger partial charge is 0.269 e. The molecular weight excluding hydrogens is 212 g/mol. The van der Waals surface area contributed by atoms with E-state index in [1.807, 2.05) is 0 Å². The van der Waals surface area contributed by atoms with E-state index in [0.29, 0.717) is 0 Å². The fourth-order valence-electron chi connectivity index (χ4n) is 1.31. The van der Waals surface area contributed by atoms with E-state index in [0.717, 1.165) is 5.69 Å². The van der Waals surface area contributed by atoms with Gasteiger partial charge in [-0.3, -0.25) is 10.1 Å². The molecule has 0 radical (unpaired) electrons. The number of nitrogens with zero attached hydrogens (tertiary/aromatic N) is 2. The van der Waals surface area contributed by atoms with Crippen LogP contribution in [0, 0.1) is 10.1 Å². The third-order valence-electron chi connectivity index (χ3n) is 2.20. The molecule has 0 spiro atoms. The fraction of sp³-hybridized carbons (Fsp3) is 0.400. The number of hydrogen-bond donors (Lipinski definition) is 2. The van der Waals surface area contributed by atoms with E-state index in [9.17, 15) is 15.2 Å². The fourth-order valence-corrected chi connectivity index (χ4v) is 1.31. The van der Waals surface area contributed by atoms with Gasteiger partial charge in [-0.05, 0) is 12.1 Å². The molecule has 16 heavy (non-hydrogen) atoms. The van der Waals surface area contributed by atoms with E-state index in [1.165, 1.54) is 12.1 Å². The number of non-ortho nitro benzene ring substituents is 1. The highest BCUT2D eigenvalue weighted by molar-refractivity contribution is 5.50. The summed E-state index contributed by atoms with van der Waals surface area (Å²) < 4.78 is 0. The van der Waals surface area contributed by atoms with Gasteiger partial charge in [0.25, 0.3) is 5.69 Å². The van der Waals surface area contributed by atoms with Crippen molar-refractivity contribution >= 4 is 11.4 Å². The number of anilines is 1. The van der Waals surface area contributed by atoms with Crippen LogP contribution in [0.25, 0.3) is 0 Å². The first-order chi connectivity index (χ1) is 7.54. The van der Waals surface area contributed by atoms with Crippen LogP contribution in [0.1, 0.15) is 0 Å². The third-order valence-corrected chi connectivity index (χ3v) is 2.20. The van der Waals surface area contributed by atoms with Crippen molar-refractivity contribution < 1.29 is 15.1 Å². The number of hydrogen-bond acceptors (Lipinski definition) is 5. The van der Waals surface area contributed by atoms with Gasteiger partial charge in [-0.1, -0.05) is 0 Å². The van der Waals surface area contributed by atoms with E-state index in [4.69, 9.17) is 5.11 Å².